The average molecular weight is 229 g/mol. The van der Waals surface area contributed by atoms with Gasteiger partial charge in [-0.3, -0.25) is 0 Å². The Morgan fingerprint density at radius 3 is 2.35 bits per heavy atom. The van der Waals surface area contributed by atoms with Gasteiger partial charge in [-0.05, 0) is 60.8 Å². The monoisotopic (exact) mass is 229 g/mol. The summed E-state index contributed by atoms with van der Waals surface area (Å²) in [6.45, 7) is 7.12. The molecule has 2 aliphatic rings. The first-order valence-corrected chi connectivity index (χ1v) is 7.14. The summed E-state index contributed by atoms with van der Waals surface area (Å²) < 4.78 is 0. The van der Waals surface area contributed by atoms with Gasteiger partial charge in [-0.25, -0.2) is 0 Å². The smallest absolute Gasteiger partial charge is 0.0371 e. The van der Waals surface area contributed by atoms with Crippen LogP contribution in [0.3, 0.4) is 0 Å². The van der Waals surface area contributed by atoms with Crippen molar-refractivity contribution < 1.29 is 0 Å². The molecule has 1 aliphatic heterocycles. The summed E-state index contributed by atoms with van der Waals surface area (Å²) in [7, 11) is 0. The van der Waals surface area contributed by atoms with Crippen LogP contribution >= 0.6 is 0 Å². The van der Waals surface area contributed by atoms with Crippen molar-refractivity contribution in [3.63, 3.8) is 0 Å². The average Bonchev–Trinajstić information content (AvgIpc) is 3.04. The normalized spacial score (nSPS) is 20.3. The molecule has 0 radical (unpaired) electrons. The Balaban J connectivity index is 1.95. The molecule has 1 nitrogen and oxygen atoms in total. The molecular weight excluding hydrogens is 206 g/mol. The number of nitrogens with zero attached hydrogens (tertiary/aromatic N) is 1. The summed E-state index contributed by atoms with van der Waals surface area (Å²) in [4.78, 5) is 2.57. The van der Waals surface area contributed by atoms with E-state index in [9.17, 15) is 0 Å². The minimum Gasteiger partial charge on any atom is -0.372 e. The minimum atomic E-state index is 0.648. The maximum absolute atomic E-state index is 2.57. The predicted octanol–water partition coefficient (Wildman–Crippen LogP) is 4.29. The molecule has 92 valence electrons. The zero-order valence-corrected chi connectivity index (χ0v) is 11.1. The van der Waals surface area contributed by atoms with Gasteiger partial charge in [0, 0.05) is 18.8 Å². The topological polar surface area (TPSA) is 3.24 Å². The van der Waals surface area contributed by atoms with Crippen LogP contribution in [0.25, 0.3) is 0 Å². The van der Waals surface area contributed by atoms with Crippen molar-refractivity contribution in [2.24, 2.45) is 0 Å². The number of hydrogen-bond acceptors (Lipinski definition) is 1. The Morgan fingerprint density at radius 1 is 1.06 bits per heavy atom. The number of hydrogen-bond donors (Lipinski definition) is 0. The van der Waals surface area contributed by atoms with Gasteiger partial charge in [-0.1, -0.05) is 19.9 Å². The Morgan fingerprint density at radius 2 is 1.76 bits per heavy atom. The summed E-state index contributed by atoms with van der Waals surface area (Å²) in [6.07, 6.45) is 5.54. The first kappa shape index (κ1) is 11.1. The molecule has 0 aromatic heterocycles. The highest BCUT2D eigenvalue weighted by Gasteiger charge is 2.25. The number of benzene rings is 1. The zero-order chi connectivity index (χ0) is 11.8. The first-order chi connectivity index (χ1) is 8.24. The summed E-state index contributed by atoms with van der Waals surface area (Å²) >= 11 is 0. The third kappa shape index (κ3) is 2.34. The van der Waals surface area contributed by atoms with E-state index in [1.807, 2.05) is 0 Å². The van der Waals surface area contributed by atoms with Crippen molar-refractivity contribution in [1.82, 2.24) is 0 Å². The van der Waals surface area contributed by atoms with Crippen LogP contribution in [0.5, 0.6) is 0 Å². The molecule has 0 amide bonds. The van der Waals surface area contributed by atoms with Gasteiger partial charge in [0.25, 0.3) is 0 Å². The lowest BCUT2D eigenvalue weighted by atomic mass is 9.97. The van der Waals surface area contributed by atoms with Crippen LogP contribution < -0.4 is 4.90 Å². The highest BCUT2D eigenvalue weighted by molar-refractivity contribution is 5.53. The predicted molar refractivity (Wildman–Crippen MR) is 74.0 cm³/mol. The molecular formula is C16H23N. The van der Waals surface area contributed by atoms with Crippen LogP contribution in [0.15, 0.2) is 18.2 Å². The van der Waals surface area contributed by atoms with E-state index in [-0.39, 0.29) is 0 Å². The standard InChI is InChI=1S/C16H23N/c1-12(2)14-9-15(13-5-6-13)11-16(10-14)17-7-3-4-8-17/h9-13H,3-8H2,1-2H3. The number of anilines is 1. The molecule has 1 aliphatic carbocycles. The van der Waals surface area contributed by atoms with E-state index in [2.05, 4.69) is 36.9 Å². The largest absolute Gasteiger partial charge is 0.372 e. The molecule has 1 heteroatoms. The maximum atomic E-state index is 2.57. The van der Waals surface area contributed by atoms with Gasteiger partial charge in [0.2, 0.25) is 0 Å². The highest BCUT2D eigenvalue weighted by atomic mass is 15.1. The van der Waals surface area contributed by atoms with Gasteiger partial charge in [-0.15, -0.1) is 0 Å². The summed E-state index contributed by atoms with van der Waals surface area (Å²) in [5.74, 6) is 1.52. The second kappa shape index (κ2) is 4.36. The fourth-order valence-corrected chi connectivity index (χ4v) is 2.80. The molecule has 1 aromatic carbocycles. The van der Waals surface area contributed by atoms with Crippen LogP contribution in [0.2, 0.25) is 0 Å². The molecule has 2 fully saturated rings. The van der Waals surface area contributed by atoms with E-state index in [1.54, 1.807) is 5.56 Å². The minimum absolute atomic E-state index is 0.648. The van der Waals surface area contributed by atoms with Gasteiger partial charge >= 0.3 is 0 Å². The molecule has 0 N–H and O–H groups in total. The third-order valence-electron chi connectivity index (χ3n) is 4.15. The lowest BCUT2D eigenvalue weighted by Crippen LogP contribution is -2.18. The first-order valence-electron chi connectivity index (χ1n) is 7.14. The number of rotatable bonds is 3. The van der Waals surface area contributed by atoms with Crippen LogP contribution in [0, 0.1) is 0 Å². The lowest BCUT2D eigenvalue weighted by Gasteiger charge is -2.21. The molecule has 1 heterocycles. The molecule has 1 saturated carbocycles. The van der Waals surface area contributed by atoms with E-state index in [4.69, 9.17) is 0 Å². The van der Waals surface area contributed by atoms with Crippen molar-refractivity contribution in [1.29, 1.82) is 0 Å². The molecule has 0 bridgehead atoms. The SMILES string of the molecule is CC(C)c1cc(C2CC2)cc(N2CCCC2)c1. The summed E-state index contributed by atoms with van der Waals surface area (Å²) in [5.41, 5.74) is 4.60. The Bertz CT molecular complexity index is 378. The fourth-order valence-electron chi connectivity index (χ4n) is 2.80. The Hall–Kier alpha value is -0.980. The van der Waals surface area contributed by atoms with Gasteiger partial charge in [0.05, 0.1) is 0 Å². The molecule has 0 spiro atoms. The van der Waals surface area contributed by atoms with Crippen molar-refractivity contribution in [2.75, 3.05) is 18.0 Å². The van der Waals surface area contributed by atoms with E-state index >= 15 is 0 Å². The Labute approximate surface area is 105 Å². The van der Waals surface area contributed by atoms with Crippen LogP contribution in [0.1, 0.15) is 62.5 Å². The van der Waals surface area contributed by atoms with Crippen molar-refractivity contribution >= 4 is 5.69 Å². The van der Waals surface area contributed by atoms with E-state index < -0.39 is 0 Å². The van der Waals surface area contributed by atoms with Gasteiger partial charge in [0.15, 0.2) is 0 Å². The highest BCUT2D eigenvalue weighted by Crippen LogP contribution is 2.42. The molecule has 1 saturated heterocycles. The summed E-state index contributed by atoms with van der Waals surface area (Å²) in [6, 6.07) is 7.32. The second-order valence-electron chi connectivity index (χ2n) is 5.98. The van der Waals surface area contributed by atoms with E-state index in [0.717, 1.165) is 5.92 Å². The maximum Gasteiger partial charge on any atom is 0.0371 e. The molecule has 3 rings (SSSR count). The van der Waals surface area contributed by atoms with E-state index in [0.29, 0.717) is 5.92 Å². The van der Waals surface area contributed by atoms with Gasteiger partial charge < -0.3 is 4.90 Å². The van der Waals surface area contributed by atoms with E-state index in [1.165, 1.54) is 50.0 Å². The second-order valence-corrected chi connectivity index (χ2v) is 5.98. The quantitative estimate of drug-likeness (QED) is 0.747. The fraction of sp³-hybridized carbons (Fsp3) is 0.625. The molecule has 0 atom stereocenters. The molecule has 1 aromatic rings. The zero-order valence-electron chi connectivity index (χ0n) is 11.1. The lowest BCUT2D eigenvalue weighted by molar-refractivity contribution is 0.856. The van der Waals surface area contributed by atoms with Crippen molar-refractivity contribution in [3.8, 4) is 0 Å². The summed E-state index contributed by atoms with van der Waals surface area (Å²) in [5, 5.41) is 0. The van der Waals surface area contributed by atoms with Crippen LogP contribution in [-0.4, -0.2) is 13.1 Å². The van der Waals surface area contributed by atoms with Gasteiger partial charge in [0.1, 0.15) is 0 Å². The third-order valence-corrected chi connectivity index (χ3v) is 4.15. The molecule has 0 unspecified atom stereocenters. The Kier molecular flexibility index (Phi) is 2.85. The van der Waals surface area contributed by atoms with Crippen LogP contribution in [-0.2, 0) is 0 Å². The van der Waals surface area contributed by atoms with Crippen molar-refractivity contribution in [2.45, 2.75) is 51.4 Å². The molecule has 17 heavy (non-hydrogen) atoms. The van der Waals surface area contributed by atoms with Crippen LogP contribution in [0.4, 0.5) is 5.69 Å². The van der Waals surface area contributed by atoms with Crippen molar-refractivity contribution in [3.05, 3.63) is 29.3 Å². The van der Waals surface area contributed by atoms with Gasteiger partial charge in [-0.2, -0.15) is 0 Å².